The molecule has 1 aromatic heterocycles. The zero-order valence-electron chi connectivity index (χ0n) is 24.0. The molecule has 3 aromatic carbocycles. The first-order valence-electron chi connectivity index (χ1n) is 14.5. The van der Waals surface area contributed by atoms with Crippen molar-refractivity contribution in [1.82, 2.24) is 10.6 Å². The highest BCUT2D eigenvalue weighted by molar-refractivity contribution is 7.21. The Hall–Kier alpha value is -3.76. The summed E-state index contributed by atoms with van der Waals surface area (Å²) in [6.45, 7) is 4.81. The standard InChI is InChI=1S/C33H37N5O3S/c1-3-17-37-32(15-7-8-16-32)38-31(40)29-26-25-23(13-14-24(34)28(25)42-29)33(36,30(39)27(26)35)22-12-11-21(18-19(22)2)41-20-9-5-4-6-10-20/h4-6,9-14,18,27,37H,3,7-8,15-17,34-36H2,1-2H3,(H,38,40)/t27-,33-/m0/s1. The van der Waals surface area contributed by atoms with Crippen molar-refractivity contribution in [3.63, 3.8) is 0 Å². The van der Waals surface area contributed by atoms with Gasteiger partial charge in [-0.3, -0.25) is 14.9 Å². The van der Waals surface area contributed by atoms with Crippen LogP contribution in [0.4, 0.5) is 5.69 Å². The Morgan fingerprint density at radius 1 is 1.05 bits per heavy atom. The molecule has 6 rings (SSSR count). The normalized spacial score (nSPS) is 21.0. The van der Waals surface area contributed by atoms with Gasteiger partial charge >= 0.3 is 0 Å². The Morgan fingerprint density at radius 3 is 2.45 bits per heavy atom. The lowest BCUT2D eigenvalue weighted by Gasteiger charge is -2.37. The van der Waals surface area contributed by atoms with Crippen LogP contribution < -0.4 is 32.6 Å². The van der Waals surface area contributed by atoms with Crippen molar-refractivity contribution in [2.24, 2.45) is 11.5 Å². The molecule has 0 bridgehead atoms. The Labute approximate surface area is 249 Å². The number of ether oxygens (including phenoxy) is 1. The molecule has 4 aromatic rings. The molecule has 218 valence electrons. The molecule has 8 nitrogen and oxygen atoms in total. The minimum atomic E-state index is -1.53. The Bertz CT molecular complexity index is 1680. The number of ketones is 1. The number of carbonyl (C=O) groups excluding carboxylic acids is 2. The van der Waals surface area contributed by atoms with Crippen LogP contribution in [-0.2, 0) is 10.3 Å². The van der Waals surface area contributed by atoms with Crippen molar-refractivity contribution >= 4 is 38.8 Å². The minimum absolute atomic E-state index is 0.242. The topological polar surface area (TPSA) is 145 Å². The maximum atomic E-state index is 14.2. The van der Waals surface area contributed by atoms with Crippen LogP contribution >= 0.6 is 11.3 Å². The van der Waals surface area contributed by atoms with Gasteiger partial charge < -0.3 is 27.3 Å². The molecule has 0 spiro atoms. The third-order valence-electron chi connectivity index (χ3n) is 8.64. The summed E-state index contributed by atoms with van der Waals surface area (Å²) in [5.74, 6) is 0.733. The molecule has 1 amide bonds. The highest BCUT2D eigenvalue weighted by Crippen LogP contribution is 2.50. The SMILES string of the molecule is CCCNC1(NC(=O)c2sc3c(N)ccc4c3c2[C@H](N)C(=O)[C@]4(N)c2ccc(Oc3ccccc3)cc2C)CCCC1. The van der Waals surface area contributed by atoms with Gasteiger partial charge in [0.15, 0.2) is 5.78 Å². The minimum Gasteiger partial charge on any atom is -0.457 e. The molecule has 0 radical (unpaired) electrons. The Balaban J connectivity index is 1.43. The average Bonchev–Trinajstić information content (AvgIpc) is 3.61. The van der Waals surface area contributed by atoms with Gasteiger partial charge in [-0.1, -0.05) is 37.3 Å². The second-order valence-corrected chi connectivity index (χ2v) is 12.5. The van der Waals surface area contributed by atoms with Crippen LogP contribution in [0.25, 0.3) is 10.1 Å². The van der Waals surface area contributed by atoms with Crippen LogP contribution in [0.1, 0.15) is 77.0 Å². The smallest absolute Gasteiger partial charge is 0.263 e. The largest absolute Gasteiger partial charge is 0.457 e. The number of nitrogen functional groups attached to an aromatic ring is 1. The van der Waals surface area contributed by atoms with Gasteiger partial charge in [0.1, 0.15) is 17.0 Å². The van der Waals surface area contributed by atoms with E-state index in [4.69, 9.17) is 21.9 Å². The van der Waals surface area contributed by atoms with Crippen molar-refractivity contribution < 1.29 is 14.3 Å². The summed E-state index contributed by atoms with van der Waals surface area (Å²) in [6.07, 6.45) is 4.74. The van der Waals surface area contributed by atoms with Crippen molar-refractivity contribution in [3.8, 4) is 11.5 Å². The summed E-state index contributed by atoms with van der Waals surface area (Å²) < 4.78 is 6.73. The number of para-hydroxylation sites is 1. The number of rotatable bonds is 8. The number of nitrogens with two attached hydrogens (primary N) is 3. The molecule has 2 aliphatic rings. The first-order chi connectivity index (χ1) is 20.2. The second kappa shape index (κ2) is 10.8. The molecule has 1 saturated carbocycles. The van der Waals surface area contributed by atoms with Gasteiger partial charge in [0.05, 0.1) is 21.3 Å². The molecule has 2 atom stereocenters. The number of aryl methyl sites for hydroxylation is 1. The van der Waals surface area contributed by atoms with Gasteiger partial charge in [-0.15, -0.1) is 11.3 Å². The number of hydrogen-bond donors (Lipinski definition) is 5. The van der Waals surface area contributed by atoms with E-state index in [1.54, 1.807) is 12.1 Å². The predicted molar refractivity (Wildman–Crippen MR) is 168 cm³/mol. The Morgan fingerprint density at radius 2 is 1.76 bits per heavy atom. The fourth-order valence-electron chi connectivity index (χ4n) is 6.56. The van der Waals surface area contributed by atoms with Crippen molar-refractivity contribution in [1.29, 1.82) is 0 Å². The number of Topliss-reactive ketones (excluding diaryl/α,β-unsaturated/α-hetero) is 1. The molecule has 2 aliphatic carbocycles. The molecule has 9 heteroatoms. The number of amides is 1. The number of hydrogen-bond acceptors (Lipinski definition) is 8. The third-order valence-corrected chi connectivity index (χ3v) is 9.90. The van der Waals surface area contributed by atoms with Crippen molar-refractivity contribution in [3.05, 3.63) is 87.8 Å². The summed E-state index contributed by atoms with van der Waals surface area (Å²) in [5.41, 5.74) is 21.3. The molecule has 1 fully saturated rings. The molecular weight excluding hydrogens is 546 g/mol. The molecule has 0 aliphatic heterocycles. The zero-order valence-corrected chi connectivity index (χ0v) is 24.8. The summed E-state index contributed by atoms with van der Waals surface area (Å²) in [4.78, 5) is 28.5. The van der Waals surface area contributed by atoms with E-state index in [0.717, 1.165) is 44.2 Å². The van der Waals surface area contributed by atoms with Crippen molar-refractivity contribution in [2.45, 2.75) is 63.2 Å². The third kappa shape index (κ3) is 4.57. The average molecular weight is 584 g/mol. The Kier molecular flexibility index (Phi) is 7.31. The number of thiophene rings is 1. The van der Waals surface area contributed by atoms with E-state index >= 15 is 0 Å². The van der Waals surface area contributed by atoms with Crippen LogP contribution in [0, 0.1) is 6.92 Å². The van der Waals surface area contributed by atoms with E-state index in [0.29, 0.717) is 48.8 Å². The van der Waals surface area contributed by atoms with Gasteiger partial charge in [-0.25, -0.2) is 0 Å². The highest BCUT2D eigenvalue weighted by atomic mass is 32.1. The molecule has 0 unspecified atom stereocenters. The van der Waals surface area contributed by atoms with Crippen LogP contribution in [-0.4, -0.2) is 23.9 Å². The fourth-order valence-corrected chi connectivity index (χ4v) is 7.75. The molecule has 1 heterocycles. The van der Waals surface area contributed by atoms with E-state index in [1.807, 2.05) is 55.5 Å². The fraction of sp³-hybridized carbons (Fsp3) is 0.333. The summed E-state index contributed by atoms with van der Waals surface area (Å²) in [6, 6.07) is 17.5. The van der Waals surface area contributed by atoms with Gasteiger partial charge in [0, 0.05) is 16.6 Å². The zero-order chi connectivity index (χ0) is 29.6. The molecular formula is C33H37N5O3S. The van der Waals surface area contributed by atoms with E-state index in [-0.39, 0.29) is 11.7 Å². The van der Waals surface area contributed by atoms with E-state index in [1.165, 1.54) is 11.3 Å². The number of benzene rings is 3. The molecule has 0 saturated heterocycles. The number of carbonyl (C=O) groups is 2. The lowest BCUT2D eigenvalue weighted by molar-refractivity contribution is -0.124. The van der Waals surface area contributed by atoms with E-state index in [2.05, 4.69) is 17.6 Å². The maximum absolute atomic E-state index is 14.2. The van der Waals surface area contributed by atoms with Crippen LogP contribution in [0.3, 0.4) is 0 Å². The van der Waals surface area contributed by atoms with Gasteiger partial charge in [0.25, 0.3) is 5.91 Å². The van der Waals surface area contributed by atoms with Gasteiger partial charge in [0.2, 0.25) is 0 Å². The quantitative estimate of drug-likeness (QED) is 0.138. The highest BCUT2D eigenvalue weighted by Gasteiger charge is 2.49. The van der Waals surface area contributed by atoms with E-state index in [9.17, 15) is 9.59 Å². The monoisotopic (exact) mass is 583 g/mol. The summed E-state index contributed by atoms with van der Waals surface area (Å²) in [7, 11) is 0. The molecule has 8 N–H and O–H groups in total. The van der Waals surface area contributed by atoms with Crippen LogP contribution in [0.2, 0.25) is 0 Å². The predicted octanol–water partition coefficient (Wildman–Crippen LogP) is 5.37. The van der Waals surface area contributed by atoms with Crippen LogP contribution in [0.15, 0.2) is 60.7 Å². The maximum Gasteiger partial charge on any atom is 0.263 e. The lowest BCUT2D eigenvalue weighted by Crippen LogP contribution is -2.57. The molecule has 42 heavy (non-hydrogen) atoms. The van der Waals surface area contributed by atoms with Crippen molar-refractivity contribution in [2.75, 3.05) is 12.3 Å². The summed E-state index contributed by atoms with van der Waals surface area (Å²) >= 11 is 1.28. The number of anilines is 1. The first-order valence-corrected chi connectivity index (χ1v) is 15.4. The first kappa shape index (κ1) is 28.4. The second-order valence-electron chi connectivity index (χ2n) is 11.5. The summed E-state index contributed by atoms with van der Waals surface area (Å²) in [5, 5.41) is 7.53. The van der Waals surface area contributed by atoms with E-state index < -0.39 is 17.2 Å². The number of nitrogens with one attached hydrogen (secondary N) is 2. The van der Waals surface area contributed by atoms with Gasteiger partial charge in [-0.2, -0.15) is 0 Å². The van der Waals surface area contributed by atoms with Gasteiger partial charge in [-0.05, 0) is 92.6 Å². The lowest BCUT2D eigenvalue weighted by atomic mass is 9.69. The van der Waals surface area contributed by atoms with Crippen LogP contribution in [0.5, 0.6) is 11.5 Å².